The van der Waals surface area contributed by atoms with Gasteiger partial charge in [0.2, 0.25) is 0 Å². The van der Waals surface area contributed by atoms with Crippen LogP contribution in [0, 0.1) is 10.1 Å². The lowest BCUT2D eigenvalue weighted by Crippen LogP contribution is -2.36. The van der Waals surface area contributed by atoms with Crippen LogP contribution in [0.5, 0.6) is 5.75 Å². The molecule has 0 bridgehead atoms. The lowest BCUT2D eigenvalue weighted by Gasteiger charge is -2.18. The summed E-state index contributed by atoms with van der Waals surface area (Å²) in [6, 6.07) is 23.6. The van der Waals surface area contributed by atoms with Gasteiger partial charge in [0.25, 0.3) is 5.69 Å². The number of amides is 1. The Labute approximate surface area is 161 Å². The van der Waals surface area contributed by atoms with Gasteiger partial charge in [-0.2, -0.15) is 0 Å². The second kappa shape index (κ2) is 7.15. The number of benzene rings is 3. The summed E-state index contributed by atoms with van der Waals surface area (Å²) in [5, 5.41) is 13.7. The quantitative estimate of drug-likeness (QED) is 0.501. The number of carbonyl (C=O) groups excluding carboxylic acids is 1. The molecule has 4 rings (SSSR count). The maximum atomic E-state index is 12.3. The number of rotatable bonds is 5. The van der Waals surface area contributed by atoms with Crippen molar-refractivity contribution in [3.05, 3.63) is 94.5 Å². The topological polar surface area (TPSA) is 81.5 Å². The van der Waals surface area contributed by atoms with Crippen LogP contribution in [0.15, 0.2) is 78.9 Å². The van der Waals surface area contributed by atoms with Crippen LogP contribution >= 0.6 is 0 Å². The standard InChI is InChI=1S/C22H18N2O4/c25-21(28-20-11-9-19(10-12-20)24(26)27)23-22(13-14-22)18-8-4-7-17(15-18)16-5-2-1-3-6-16/h1-12,15H,13-14H2,(H,23,25). The highest BCUT2D eigenvalue weighted by molar-refractivity contribution is 5.73. The second-order valence-corrected chi connectivity index (χ2v) is 6.79. The average molecular weight is 374 g/mol. The molecule has 6 nitrogen and oxygen atoms in total. The van der Waals surface area contributed by atoms with E-state index in [0.717, 1.165) is 29.5 Å². The minimum Gasteiger partial charge on any atom is -0.410 e. The lowest BCUT2D eigenvalue weighted by molar-refractivity contribution is -0.384. The summed E-state index contributed by atoms with van der Waals surface area (Å²) in [5.74, 6) is 0.261. The summed E-state index contributed by atoms with van der Waals surface area (Å²) < 4.78 is 5.29. The first kappa shape index (κ1) is 17.7. The molecule has 0 saturated heterocycles. The van der Waals surface area contributed by atoms with Crippen molar-refractivity contribution in [2.75, 3.05) is 0 Å². The highest BCUT2D eigenvalue weighted by Crippen LogP contribution is 2.46. The molecule has 3 aromatic carbocycles. The molecule has 1 saturated carbocycles. The van der Waals surface area contributed by atoms with Gasteiger partial charge in [-0.3, -0.25) is 10.1 Å². The smallest absolute Gasteiger partial charge is 0.410 e. The molecule has 1 N–H and O–H groups in total. The van der Waals surface area contributed by atoms with E-state index in [1.165, 1.54) is 24.3 Å². The van der Waals surface area contributed by atoms with E-state index in [2.05, 4.69) is 23.5 Å². The third-order valence-electron chi connectivity index (χ3n) is 4.87. The van der Waals surface area contributed by atoms with Gasteiger partial charge in [0, 0.05) is 12.1 Å². The molecule has 0 aromatic heterocycles. The van der Waals surface area contributed by atoms with Gasteiger partial charge >= 0.3 is 6.09 Å². The zero-order chi connectivity index (χ0) is 19.6. The normalized spacial score (nSPS) is 14.1. The molecule has 28 heavy (non-hydrogen) atoms. The number of nitrogens with one attached hydrogen (secondary N) is 1. The molecule has 1 fully saturated rings. The third-order valence-corrected chi connectivity index (χ3v) is 4.87. The summed E-state index contributed by atoms with van der Waals surface area (Å²) in [6.07, 6.45) is 1.10. The predicted molar refractivity (Wildman–Crippen MR) is 105 cm³/mol. The summed E-state index contributed by atoms with van der Waals surface area (Å²) >= 11 is 0. The number of carbonyl (C=O) groups is 1. The molecule has 0 aliphatic heterocycles. The summed E-state index contributed by atoms with van der Waals surface area (Å²) in [4.78, 5) is 22.6. The van der Waals surface area contributed by atoms with Crippen LogP contribution in [0.25, 0.3) is 11.1 Å². The molecule has 0 heterocycles. The van der Waals surface area contributed by atoms with Crippen LogP contribution in [-0.2, 0) is 5.54 Å². The third kappa shape index (κ3) is 3.71. The lowest BCUT2D eigenvalue weighted by atomic mass is 9.98. The Morgan fingerprint density at radius 2 is 1.61 bits per heavy atom. The largest absolute Gasteiger partial charge is 0.413 e. The molecule has 6 heteroatoms. The Morgan fingerprint density at radius 1 is 0.929 bits per heavy atom. The van der Waals surface area contributed by atoms with Crippen LogP contribution in [0.4, 0.5) is 10.5 Å². The molecule has 1 aliphatic rings. The highest BCUT2D eigenvalue weighted by atomic mass is 16.6. The fraction of sp³-hybridized carbons (Fsp3) is 0.136. The van der Waals surface area contributed by atoms with Crippen LogP contribution in [0.1, 0.15) is 18.4 Å². The fourth-order valence-electron chi connectivity index (χ4n) is 3.20. The van der Waals surface area contributed by atoms with Gasteiger partial charge in [-0.15, -0.1) is 0 Å². The minimum atomic E-state index is -0.573. The van der Waals surface area contributed by atoms with Crippen molar-refractivity contribution in [2.45, 2.75) is 18.4 Å². The predicted octanol–water partition coefficient (Wildman–Crippen LogP) is 5.04. The van der Waals surface area contributed by atoms with Crippen LogP contribution < -0.4 is 10.1 Å². The molecule has 3 aromatic rings. The van der Waals surface area contributed by atoms with Gasteiger partial charge in [-0.25, -0.2) is 4.79 Å². The molecular weight excluding hydrogens is 356 g/mol. The van der Waals surface area contributed by atoms with E-state index in [4.69, 9.17) is 4.74 Å². The number of nitrogens with zero attached hydrogens (tertiary/aromatic N) is 1. The Hall–Kier alpha value is -3.67. The van der Waals surface area contributed by atoms with Gasteiger partial charge in [0.15, 0.2) is 0 Å². The van der Waals surface area contributed by atoms with E-state index in [1.54, 1.807) is 0 Å². The Bertz CT molecular complexity index is 1010. The monoisotopic (exact) mass is 374 g/mol. The van der Waals surface area contributed by atoms with Crippen molar-refractivity contribution in [1.29, 1.82) is 0 Å². The van der Waals surface area contributed by atoms with E-state index in [-0.39, 0.29) is 11.4 Å². The zero-order valence-electron chi connectivity index (χ0n) is 15.0. The number of hydrogen-bond donors (Lipinski definition) is 1. The van der Waals surface area contributed by atoms with Gasteiger partial charge in [0.05, 0.1) is 10.5 Å². The number of hydrogen-bond acceptors (Lipinski definition) is 4. The van der Waals surface area contributed by atoms with Crippen LogP contribution in [-0.4, -0.2) is 11.0 Å². The number of nitro benzene ring substituents is 1. The summed E-state index contributed by atoms with van der Waals surface area (Å²) in [6.45, 7) is 0. The van der Waals surface area contributed by atoms with E-state index < -0.39 is 16.6 Å². The first-order chi connectivity index (χ1) is 13.6. The highest BCUT2D eigenvalue weighted by Gasteiger charge is 2.46. The molecule has 0 spiro atoms. The average Bonchev–Trinajstić information content (AvgIpc) is 3.49. The number of non-ortho nitro benzene ring substituents is 1. The summed E-state index contributed by atoms with van der Waals surface area (Å²) in [5.41, 5.74) is 2.77. The first-order valence-electron chi connectivity index (χ1n) is 8.96. The number of ether oxygens (including phenoxy) is 1. The van der Waals surface area contributed by atoms with E-state index in [1.807, 2.05) is 36.4 Å². The maximum absolute atomic E-state index is 12.3. The van der Waals surface area contributed by atoms with Gasteiger partial charge < -0.3 is 10.1 Å². The van der Waals surface area contributed by atoms with Gasteiger partial charge in [-0.05, 0) is 47.7 Å². The minimum absolute atomic E-state index is 0.0517. The van der Waals surface area contributed by atoms with Crippen molar-refractivity contribution < 1.29 is 14.5 Å². The van der Waals surface area contributed by atoms with Crippen molar-refractivity contribution in [3.63, 3.8) is 0 Å². The molecule has 0 radical (unpaired) electrons. The zero-order valence-corrected chi connectivity index (χ0v) is 15.0. The maximum Gasteiger partial charge on any atom is 0.413 e. The molecule has 1 aliphatic carbocycles. The molecule has 0 unspecified atom stereocenters. The Kier molecular flexibility index (Phi) is 4.53. The van der Waals surface area contributed by atoms with Crippen LogP contribution in [0.3, 0.4) is 0 Å². The fourth-order valence-corrected chi connectivity index (χ4v) is 3.20. The van der Waals surface area contributed by atoms with Gasteiger partial charge in [0.1, 0.15) is 5.75 Å². The van der Waals surface area contributed by atoms with Crippen molar-refractivity contribution in [3.8, 4) is 16.9 Å². The Morgan fingerprint density at radius 3 is 2.25 bits per heavy atom. The molecule has 1 amide bonds. The van der Waals surface area contributed by atoms with Crippen LogP contribution in [0.2, 0.25) is 0 Å². The van der Waals surface area contributed by atoms with E-state index in [9.17, 15) is 14.9 Å². The SMILES string of the molecule is O=C(NC1(c2cccc(-c3ccccc3)c2)CC1)Oc1ccc([N+](=O)[O-])cc1. The Balaban J connectivity index is 1.47. The van der Waals surface area contributed by atoms with E-state index in [0.29, 0.717) is 0 Å². The second-order valence-electron chi connectivity index (χ2n) is 6.79. The molecule has 140 valence electrons. The van der Waals surface area contributed by atoms with Crippen molar-refractivity contribution >= 4 is 11.8 Å². The van der Waals surface area contributed by atoms with E-state index >= 15 is 0 Å². The summed E-state index contributed by atoms with van der Waals surface area (Å²) in [7, 11) is 0. The molecular formula is C22H18N2O4. The van der Waals surface area contributed by atoms with Crippen molar-refractivity contribution in [1.82, 2.24) is 5.32 Å². The van der Waals surface area contributed by atoms with Crippen molar-refractivity contribution in [2.24, 2.45) is 0 Å². The number of nitro groups is 1. The van der Waals surface area contributed by atoms with Gasteiger partial charge in [-0.1, -0.05) is 48.5 Å². The molecule has 0 atom stereocenters. The first-order valence-corrected chi connectivity index (χ1v) is 8.96.